The minimum Gasteiger partial charge on any atom is -0.352 e. The topological polar surface area (TPSA) is 92.6 Å². The van der Waals surface area contributed by atoms with Gasteiger partial charge in [-0.2, -0.15) is 18.4 Å². The van der Waals surface area contributed by atoms with E-state index in [2.05, 4.69) is 15.2 Å². The highest BCUT2D eigenvalue weighted by molar-refractivity contribution is 7.81. The number of carbonyl (C=O) groups is 2. The quantitative estimate of drug-likeness (QED) is 0.298. The molecule has 3 fully saturated rings. The van der Waals surface area contributed by atoms with Crippen LogP contribution < -0.4 is 15.1 Å². The number of rotatable bonds is 7. The van der Waals surface area contributed by atoms with E-state index in [1.165, 1.54) is 29.2 Å². The number of alkyl halides is 3. The number of hydrogen-bond donors (Lipinski definition) is 1. The molecule has 0 bridgehead atoms. The first-order valence-electron chi connectivity index (χ1n) is 13.0. The molecule has 1 aromatic carbocycles. The van der Waals surface area contributed by atoms with E-state index in [0.29, 0.717) is 38.3 Å². The van der Waals surface area contributed by atoms with Crippen molar-refractivity contribution in [2.24, 2.45) is 0 Å². The minimum absolute atomic E-state index is 0.108. The summed E-state index contributed by atoms with van der Waals surface area (Å²) in [4.78, 5) is 34.6. The maximum absolute atomic E-state index is 15.9. The van der Waals surface area contributed by atoms with Gasteiger partial charge in [-0.1, -0.05) is 6.07 Å². The molecule has 1 saturated carbocycles. The van der Waals surface area contributed by atoms with Gasteiger partial charge in [0, 0.05) is 6.54 Å². The third kappa shape index (κ3) is 4.79. The van der Waals surface area contributed by atoms with Gasteiger partial charge in [0.2, 0.25) is 0 Å². The van der Waals surface area contributed by atoms with Gasteiger partial charge in [-0.3, -0.25) is 14.5 Å². The predicted molar refractivity (Wildman–Crippen MR) is 142 cm³/mol. The monoisotopic (exact) mass is 574 g/mol. The summed E-state index contributed by atoms with van der Waals surface area (Å²) in [5.41, 5.74) is -4.05. The maximum atomic E-state index is 15.9. The van der Waals surface area contributed by atoms with E-state index in [0.717, 1.165) is 43.6 Å². The summed E-state index contributed by atoms with van der Waals surface area (Å²) in [5, 5.41) is 11.6. The smallest absolute Gasteiger partial charge is 0.352 e. The SMILES string of the molecule is N#Cc1ncc(N2C(=O)C3(CCC3)N(c3cccc(C(=O)NCCCN4CCCC4)c3F)C2=S)cc1C(F)(F)F. The Bertz CT molecular complexity index is 1400. The van der Waals surface area contributed by atoms with E-state index in [4.69, 9.17) is 17.5 Å². The number of aromatic nitrogens is 1. The highest BCUT2D eigenvalue weighted by Gasteiger charge is 2.60. The van der Waals surface area contributed by atoms with Crippen LogP contribution in [0.25, 0.3) is 0 Å². The van der Waals surface area contributed by atoms with Gasteiger partial charge >= 0.3 is 6.18 Å². The fourth-order valence-corrected chi connectivity index (χ4v) is 6.00. The average Bonchev–Trinajstić information content (AvgIpc) is 3.49. The maximum Gasteiger partial charge on any atom is 0.419 e. The molecule has 2 amide bonds. The molecule has 3 aliphatic rings. The van der Waals surface area contributed by atoms with Gasteiger partial charge in [0.1, 0.15) is 11.6 Å². The molecule has 0 unspecified atom stereocenters. The van der Waals surface area contributed by atoms with E-state index in [1.54, 1.807) is 0 Å². The van der Waals surface area contributed by atoms with Crippen LogP contribution in [-0.4, -0.2) is 58.5 Å². The standard InChI is InChI=1S/C27H26F4N6O2S/c28-22-18(23(38)33-10-5-13-35-11-1-2-12-35)6-3-7-21(22)37-25(40)36(24(39)26(37)8-4-9-26)17-14-19(27(29,30)31)20(15-32)34-16-17/h3,6-7,14,16H,1-2,4-5,8-13H2,(H,33,38). The molecule has 40 heavy (non-hydrogen) atoms. The number of amides is 2. The molecule has 2 saturated heterocycles. The van der Waals surface area contributed by atoms with Crippen LogP contribution in [0.2, 0.25) is 0 Å². The number of nitrogens with zero attached hydrogens (tertiary/aromatic N) is 5. The average molecular weight is 575 g/mol. The molecule has 5 rings (SSSR count). The zero-order chi connectivity index (χ0) is 28.7. The number of pyridine rings is 1. The normalized spacial score (nSPS) is 18.8. The Balaban J connectivity index is 1.42. The lowest BCUT2D eigenvalue weighted by Gasteiger charge is -2.43. The molecule has 1 aliphatic carbocycles. The fourth-order valence-electron chi connectivity index (χ4n) is 5.54. The van der Waals surface area contributed by atoms with Crippen molar-refractivity contribution >= 4 is 40.5 Å². The summed E-state index contributed by atoms with van der Waals surface area (Å²) in [5.74, 6) is -2.10. The van der Waals surface area contributed by atoms with Crippen molar-refractivity contribution < 1.29 is 27.2 Å². The predicted octanol–water partition coefficient (Wildman–Crippen LogP) is 4.39. The summed E-state index contributed by atoms with van der Waals surface area (Å²) in [6.45, 7) is 3.28. The number of hydrogen-bond acceptors (Lipinski definition) is 6. The van der Waals surface area contributed by atoms with Crippen LogP contribution in [0, 0.1) is 17.1 Å². The molecule has 1 aromatic heterocycles. The Morgan fingerprint density at radius 2 is 1.93 bits per heavy atom. The van der Waals surface area contributed by atoms with E-state index >= 15 is 4.39 Å². The molecule has 0 radical (unpaired) electrons. The number of benzene rings is 1. The summed E-state index contributed by atoms with van der Waals surface area (Å²) in [7, 11) is 0. The van der Waals surface area contributed by atoms with Crippen LogP contribution in [0.3, 0.4) is 0 Å². The molecule has 3 heterocycles. The zero-order valence-electron chi connectivity index (χ0n) is 21.4. The van der Waals surface area contributed by atoms with Crippen molar-refractivity contribution in [3.63, 3.8) is 0 Å². The van der Waals surface area contributed by atoms with Crippen LogP contribution >= 0.6 is 12.2 Å². The lowest BCUT2D eigenvalue weighted by molar-refractivity contribution is -0.138. The van der Waals surface area contributed by atoms with Crippen LogP contribution in [0.15, 0.2) is 30.5 Å². The van der Waals surface area contributed by atoms with Crippen LogP contribution in [0.4, 0.5) is 28.9 Å². The third-order valence-corrected chi connectivity index (χ3v) is 8.10. The summed E-state index contributed by atoms with van der Waals surface area (Å²) in [6, 6.07) is 6.25. The second-order valence-electron chi connectivity index (χ2n) is 10.1. The largest absolute Gasteiger partial charge is 0.419 e. The number of anilines is 2. The van der Waals surface area contributed by atoms with E-state index in [1.807, 2.05) is 0 Å². The molecule has 8 nitrogen and oxygen atoms in total. The first-order valence-corrected chi connectivity index (χ1v) is 13.4. The number of nitrogens with one attached hydrogen (secondary N) is 1. The summed E-state index contributed by atoms with van der Waals surface area (Å²) < 4.78 is 56.7. The molecular formula is C27H26F4N6O2S. The molecule has 13 heteroatoms. The number of likely N-dealkylation sites (tertiary alicyclic amines) is 1. The van der Waals surface area contributed by atoms with Crippen molar-refractivity contribution in [1.82, 2.24) is 15.2 Å². The van der Waals surface area contributed by atoms with Crippen LogP contribution in [0.5, 0.6) is 0 Å². The molecule has 0 atom stereocenters. The molecule has 2 aromatic rings. The van der Waals surface area contributed by atoms with Crippen molar-refractivity contribution in [1.29, 1.82) is 5.26 Å². The minimum atomic E-state index is -4.89. The van der Waals surface area contributed by atoms with E-state index < -0.39 is 40.6 Å². The number of nitriles is 1. The summed E-state index contributed by atoms with van der Waals surface area (Å²) >= 11 is 5.54. The third-order valence-electron chi connectivity index (χ3n) is 7.73. The van der Waals surface area contributed by atoms with Gasteiger partial charge in [0.05, 0.1) is 28.7 Å². The Morgan fingerprint density at radius 1 is 1.20 bits per heavy atom. The Kier molecular flexibility index (Phi) is 7.50. The van der Waals surface area contributed by atoms with Gasteiger partial charge in [-0.05, 0) is 88.6 Å². The highest BCUT2D eigenvalue weighted by Crippen LogP contribution is 2.49. The second-order valence-corrected chi connectivity index (χ2v) is 10.5. The van der Waals surface area contributed by atoms with E-state index in [9.17, 15) is 22.8 Å². The molecule has 210 valence electrons. The fraction of sp³-hybridized carbons (Fsp3) is 0.444. The molecular weight excluding hydrogens is 548 g/mol. The Labute approximate surface area is 233 Å². The Hall–Kier alpha value is -3.63. The number of halogens is 4. The van der Waals surface area contributed by atoms with Crippen molar-refractivity contribution in [3.8, 4) is 6.07 Å². The van der Waals surface area contributed by atoms with Crippen LogP contribution in [0.1, 0.15) is 60.1 Å². The van der Waals surface area contributed by atoms with Gasteiger partial charge in [0.25, 0.3) is 11.8 Å². The first-order chi connectivity index (χ1) is 19.1. The highest BCUT2D eigenvalue weighted by atomic mass is 32.1. The lowest BCUT2D eigenvalue weighted by Crippen LogP contribution is -2.55. The number of carbonyl (C=O) groups excluding carboxylic acids is 2. The zero-order valence-corrected chi connectivity index (χ0v) is 22.2. The second kappa shape index (κ2) is 10.7. The Morgan fingerprint density at radius 3 is 2.55 bits per heavy atom. The molecule has 1 N–H and O–H groups in total. The lowest BCUT2D eigenvalue weighted by atomic mass is 9.75. The van der Waals surface area contributed by atoms with Gasteiger partial charge in [0.15, 0.2) is 16.6 Å². The van der Waals surface area contributed by atoms with Crippen molar-refractivity contribution in [2.45, 2.75) is 50.2 Å². The van der Waals surface area contributed by atoms with Gasteiger partial charge in [-0.25, -0.2) is 9.37 Å². The van der Waals surface area contributed by atoms with E-state index in [-0.39, 0.29) is 22.1 Å². The number of thiocarbonyl (C=S) groups is 1. The first kappa shape index (κ1) is 27.9. The van der Waals surface area contributed by atoms with Crippen LogP contribution in [-0.2, 0) is 11.0 Å². The van der Waals surface area contributed by atoms with Gasteiger partial charge < -0.3 is 15.1 Å². The van der Waals surface area contributed by atoms with Gasteiger partial charge in [-0.15, -0.1) is 0 Å². The van der Waals surface area contributed by atoms with Crippen molar-refractivity contribution in [3.05, 3.63) is 53.1 Å². The van der Waals surface area contributed by atoms with Crippen molar-refractivity contribution in [2.75, 3.05) is 36.0 Å². The molecule has 1 spiro atoms. The molecule has 2 aliphatic heterocycles. The summed E-state index contributed by atoms with van der Waals surface area (Å²) in [6.07, 6.45) is 0.329.